The SMILES string of the molecule is Cc1ccc(S)cc1.Cc1cccc(S)c1. The van der Waals surface area contributed by atoms with Crippen molar-refractivity contribution in [2.75, 3.05) is 0 Å². The van der Waals surface area contributed by atoms with Gasteiger partial charge in [0.1, 0.15) is 0 Å². The second-order valence-corrected chi connectivity index (χ2v) is 4.71. The number of aryl methyl sites for hydroxylation is 2. The Morgan fingerprint density at radius 3 is 1.69 bits per heavy atom. The van der Waals surface area contributed by atoms with Crippen LogP contribution in [0.4, 0.5) is 0 Å². The quantitative estimate of drug-likeness (QED) is 0.627. The largest absolute Gasteiger partial charge is 0.143 e. The minimum Gasteiger partial charge on any atom is -0.143 e. The molecule has 0 aliphatic carbocycles. The molecule has 0 N–H and O–H groups in total. The lowest BCUT2D eigenvalue weighted by Crippen LogP contribution is -1.67. The van der Waals surface area contributed by atoms with Gasteiger partial charge in [0.05, 0.1) is 0 Å². The molecule has 2 aromatic rings. The summed E-state index contributed by atoms with van der Waals surface area (Å²) in [6.45, 7) is 4.12. The highest BCUT2D eigenvalue weighted by Crippen LogP contribution is 2.06. The highest BCUT2D eigenvalue weighted by atomic mass is 32.1. The van der Waals surface area contributed by atoms with Gasteiger partial charge < -0.3 is 0 Å². The normalized spacial score (nSPS) is 9.25. The van der Waals surface area contributed by atoms with Crippen molar-refractivity contribution in [2.45, 2.75) is 23.6 Å². The molecule has 0 saturated heterocycles. The first-order chi connectivity index (χ1) is 7.58. The van der Waals surface area contributed by atoms with E-state index in [4.69, 9.17) is 0 Å². The molecule has 0 amide bonds. The fraction of sp³-hybridized carbons (Fsp3) is 0.143. The van der Waals surface area contributed by atoms with E-state index in [9.17, 15) is 0 Å². The van der Waals surface area contributed by atoms with Gasteiger partial charge in [-0.25, -0.2) is 0 Å². The van der Waals surface area contributed by atoms with E-state index in [0.29, 0.717) is 0 Å². The molecule has 2 rings (SSSR count). The van der Waals surface area contributed by atoms with Crippen LogP contribution in [0.1, 0.15) is 11.1 Å². The Labute approximate surface area is 109 Å². The maximum atomic E-state index is 4.15. The molecule has 0 saturated carbocycles. The van der Waals surface area contributed by atoms with Gasteiger partial charge in [0.25, 0.3) is 0 Å². The van der Waals surface area contributed by atoms with Gasteiger partial charge in [-0.2, -0.15) is 0 Å². The van der Waals surface area contributed by atoms with Crippen LogP contribution in [-0.4, -0.2) is 0 Å². The third kappa shape index (κ3) is 5.29. The molecular weight excluding hydrogens is 232 g/mol. The van der Waals surface area contributed by atoms with Crippen LogP contribution in [-0.2, 0) is 0 Å². The van der Waals surface area contributed by atoms with Crippen molar-refractivity contribution in [1.29, 1.82) is 0 Å². The molecule has 0 bridgehead atoms. The highest BCUT2D eigenvalue weighted by molar-refractivity contribution is 7.80. The molecule has 2 aromatic carbocycles. The Hall–Kier alpha value is -0.860. The van der Waals surface area contributed by atoms with Crippen molar-refractivity contribution >= 4 is 25.3 Å². The summed E-state index contributed by atoms with van der Waals surface area (Å²) in [5.74, 6) is 0. The molecule has 0 heterocycles. The van der Waals surface area contributed by atoms with Crippen LogP contribution < -0.4 is 0 Å². The molecule has 84 valence electrons. The Morgan fingerprint density at radius 1 is 0.688 bits per heavy atom. The van der Waals surface area contributed by atoms with Gasteiger partial charge in [-0.3, -0.25) is 0 Å². The Morgan fingerprint density at radius 2 is 1.31 bits per heavy atom. The number of hydrogen-bond acceptors (Lipinski definition) is 2. The second-order valence-electron chi connectivity index (χ2n) is 3.67. The zero-order chi connectivity index (χ0) is 12.0. The molecule has 0 aliphatic heterocycles. The molecule has 0 nitrogen and oxygen atoms in total. The van der Waals surface area contributed by atoms with E-state index >= 15 is 0 Å². The highest BCUT2D eigenvalue weighted by Gasteiger charge is 1.81. The minimum atomic E-state index is 1.02. The average molecular weight is 248 g/mol. The molecule has 0 aromatic heterocycles. The summed E-state index contributed by atoms with van der Waals surface area (Å²) in [4.78, 5) is 2.06. The lowest BCUT2D eigenvalue weighted by Gasteiger charge is -1.89. The lowest BCUT2D eigenvalue weighted by molar-refractivity contribution is 1.37. The maximum Gasteiger partial charge on any atom is 0.00426 e. The third-order valence-electron chi connectivity index (χ3n) is 2.04. The van der Waals surface area contributed by atoms with E-state index in [2.05, 4.69) is 45.2 Å². The van der Waals surface area contributed by atoms with Crippen LogP contribution in [0.2, 0.25) is 0 Å². The first kappa shape index (κ1) is 13.2. The monoisotopic (exact) mass is 248 g/mol. The summed E-state index contributed by atoms with van der Waals surface area (Å²) in [7, 11) is 0. The lowest BCUT2D eigenvalue weighted by atomic mass is 10.2. The first-order valence-electron chi connectivity index (χ1n) is 5.09. The van der Waals surface area contributed by atoms with Gasteiger partial charge in [-0.05, 0) is 38.1 Å². The van der Waals surface area contributed by atoms with Crippen molar-refractivity contribution in [3.63, 3.8) is 0 Å². The van der Waals surface area contributed by atoms with Crippen LogP contribution in [0, 0.1) is 13.8 Å². The van der Waals surface area contributed by atoms with E-state index in [1.165, 1.54) is 11.1 Å². The molecule has 0 radical (unpaired) electrons. The Balaban J connectivity index is 0.000000160. The fourth-order valence-electron chi connectivity index (χ4n) is 1.17. The van der Waals surface area contributed by atoms with Gasteiger partial charge >= 0.3 is 0 Å². The summed E-state index contributed by atoms with van der Waals surface area (Å²) in [6.07, 6.45) is 0. The Kier molecular flexibility index (Phi) is 5.50. The van der Waals surface area contributed by atoms with Crippen molar-refractivity contribution in [3.8, 4) is 0 Å². The standard InChI is InChI=1S/2C7H8S/c1-6-2-4-7(8)5-3-6;1-6-3-2-4-7(8)5-6/h2*2-5,8H,1H3. The maximum absolute atomic E-state index is 4.15. The number of hydrogen-bond donors (Lipinski definition) is 2. The fourth-order valence-corrected chi connectivity index (χ4v) is 1.61. The minimum absolute atomic E-state index is 1.02. The van der Waals surface area contributed by atoms with Crippen molar-refractivity contribution in [3.05, 3.63) is 59.7 Å². The van der Waals surface area contributed by atoms with Gasteiger partial charge in [0.15, 0.2) is 0 Å². The van der Waals surface area contributed by atoms with Gasteiger partial charge in [0, 0.05) is 9.79 Å². The van der Waals surface area contributed by atoms with Crippen LogP contribution in [0.15, 0.2) is 58.3 Å². The zero-order valence-corrected chi connectivity index (χ0v) is 11.3. The van der Waals surface area contributed by atoms with Crippen LogP contribution >= 0.6 is 25.3 Å². The second kappa shape index (κ2) is 6.66. The molecule has 0 fully saturated rings. The van der Waals surface area contributed by atoms with Gasteiger partial charge in [0.2, 0.25) is 0 Å². The van der Waals surface area contributed by atoms with E-state index in [-0.39, 0.29) is 0 Å². The summed E-state index contributed by atoms with van der Waals surface area (Å²) < 4.78 is 0. The molecule has 0 spiro atoms. The molecule has 0 atom stereocenters. The zero-order valence-electron chi connectivity index (χ0n) is 9.51. The van der Waals surface area contributed by atoms with Crippen molar-refractivity contribution in [1.82, 2.24) is 0 Å². The van der Waals surface area contributed by atoms with Crippen molar-refractivity contribution < 1.29 is 0 Å². The summed E-state index contributed by atoms with van der Waals surface area (Å²) >= 11 is 8.29. The van der Waals surface area contributed by atoms with Crippen LogP contribution in [0.3, 0.4) is 0 Å². The van der Waals surface area contributed by atoms with E-state index in [1.807, 2.05) is 42.5 Å². The van der Waals surface area contributed by atoms with E-state index < -0.39 is 0 Å². The topological polar surface area (TPSA) is 0 Å². The van der Waals surface area contributed by atoms with Crippen LogP contribution in [0.25, 0.3) is 0 Å². The predicted octanol–water partition coefficient (Wildman–Crippen LogP) is 4.57. The van der Waals surface area contributed by atoms with Gasteiger partial charge in [-0.15, -0.1) is 25.3 Å². The number of rotatable bonds is 0. The number of thiol groups is 2. The average Bonchev–Trinajstić information content (AvgIpc) is 2.23. The van der Waals surface area contributed by atoms with Crippen molar-refractivity contribution in [2.24, 2.45) is 0 Å². The summed E-state index contributed by atoms with van der Waals surface area (Å²) in [5.41, 5.74) is 2.54. The smallest absolute Gasteiger partial charge is 0.00426 e. The van der Waals surface area contributed by atoms with E-state index in [0.717, 1.165) is 9.79 Å². The molecule has 0 aliphatic rings. The van der Waals surface area contributed by atoms with Gasteiger partial charge in [-0.1, -0.05) is 35.4 Å². The third-order valence-corrected chi connectivity index (χ3v) is 2.61. The molecule has 16 heavy (non-hydrogen) atoms. The van der Waals surface area contributed by atoms with Crippen LogP contribution in [0.5, 0.6) is 0 Å². The Bertz CT molecular complexity index is 394. The predicted molar refractivity (Wildman–Crippen MR) is 76.9 cm³/mol. The van der Waals surface area contributed by atoms with E-state index in [1.54, 1.807) is 0 Å². The summed E-state index contributed by atoms with van der Waals surface area (Å²) in [6, 6.07) is 16.1. The molecular formula is C14H16S2. The summed E-state index contributed by atoms with van der Waals surface area (Å²) in [5, 5.41) is 0. The molecule has 2 heteroatoms. The number of benzene rings is 2. The first-order valence-corrected chi connectivity index (χ1v) is 5.98. The molecule has 0 unspecified atom stereocenters.